The van der Waals surface area contributed by atoms with Gasteiger partial charge in [-0.1, -0.05) is 42.1 Å². The molecule has 0 N–H and O–H groups in total. The number of hydrogen-bond donors (Lipinski definition) is 0. The zero-order valence-electron chi connectivity index (χ0n) is 6.78. The molecule has 0 aromatic heterocycles. The highest BCUT2D eigenvalue weighted by Gasteiger charge is 2.21. The van der Waals surface area contributed by atoms with Gasteiger partial charge in [-0.25, -0.2) is 0 Å². The summed E-state index contributed by atoms with van der Waals surface area (Å²) < 4.78 is 0. The highest BCUT2D eigenvalue weighted by molar-refractivity contribution is 9.09. The summed E-state index contributed by atoms with van der Waals surface area (Å²) in [6.45, 7) is 2.29. The van der Waals surface area contributed by atoms with E-state index < -0.39 is 0 Å². The Hall–Kier alpha value is 0.480. The normalized spacial score (nSPS) is 34.2. The predicted molar refractivity (Wildman–Crippen MR) is 49.6 cm³/mol. The van der Waals surface area contributed by atoms with Gasteiger partial charge in [0.2, 0.25) is 0 Å². The summed E-state index contributed by atoms with van der Waals surface area (Å²) in [5, 5.41) is 0. The average Bonchev–Trinajstić information content (AvgIpc) is 1.94. The van der Waals surface area contributed by atoms with Crippen molar-refractivity contribution in [1.82, 2.24) is 0 Å². The summed E-state index contributed by atoms with van der Waals surface area (Å²) in [6, 6.07) is 0. The predicted octanol–water partition coefficient (Wildman–Crippen LogP) is 3.74. The maximum atomic E-state index is 3.76. The van der Waals surface area contributed by atoms with Gasteiger partial charge in [-0.15, -0.1) is 0 Å². The van der Waals surface area contributed by atoms with E-state index in [0.29, 0.717) is 0 Å². The zero-order valence-corrected chi connectivity index (χ0v) is 8.36. The number of hydrogen-bond acceptors (Lipinski definition) is 0. The third kappa shape index (κ3) is 2.26. The van der Waals surface area contributed by atoms with Crippen molar-refractivity contribution in [2.24, 2.45) is 5.92 Å². The van der Waals surface area contributed by atoms with Crippen molar-refractivity contribution in [3.05, 3.63) is 0 Å². The zero-order chi connectivity index (χ0) is 7.40. The fourth-order valence-electron chi connectivity index (χ4n) is 1.86. The molecule has 10 heavy (non-hydrogen) atoms. The molecule has 0 aromatic carbocycles. The first-order valence-electron chi connectivity index (χ1n) is 4.48. The maximum absolute atomic E-state index is 3.76. The van der Waals surface area contributed by atoms with Crippen molar-refractivity contribution in [2.75, 3.05) is 0 Å². The Labute approximate surface area is 72.5 Å². The molecule has 1 aliphatic carbocycles. The molecule has 0 nitrogen and oxygen atoms in total. The Morgan fingerprint density at radius 3 is 2.60 bits per heavy atom. The quantitative estimate of drug-likeness (QED) is 0.602. The van der Waals surface area contributed by atoms with Crippen LogP contribution in [0.3, 0.4) is 0 Å². The maximum Gasteiger partial charge on any atom is 0.0174 e. The monoisotopic (exact) mass is 204 g/mol. The van der Waals surface area contributed by atoms with E-state index in [9.17, 15) is 0 Å². The Kier molecular flexibility index (Phi) is 3.75. The van der Waals surface area contributed by atoms with Crippen LogP contribution in [-0.2, 0) is 0 Å². The van der Waals surface area contributed by atoms with Crippen LogP contribution < -0.4 is 0 Å². The summed E-state index contributed by atoms with van der Waals surface area (Å²) in [5.74, 6) is 0.985. The van der Waals surface area contributed by atoms with E-state index in [2.05, 4.69) is 22.9 Å². The number of alkyl halides is 1. The Balaban J connectivity index is 2.25. The van der Waals surface area contributed by atoms with Gasteiger partial charge in [-0.2, -0.15) is 0 Å². The molecular weight excluding hydrogens is 188 g/mol. The Morgan fingerprint density at radius 1 is 1.30 bits per heavy atom. The van der Waals surface area contributed by atoms with E-state index in [1.807, 2.05) is 0 Å². The first kappa shape index (κ1) is 8.58. The van der Waals surface area contributed by atoms with Gasteiger partial charge in [0.15, 0.2) is 0 Å². The molecule has 0 spiro atoms. The Bertz CT molecular complexity index is 88.7. The van der Waals surface area contributed by atoms with E-state index in [0.717, 1.165) is 10.7 Å². The standard InChI is InChI=1S/C9H17Br/c1-2-5-8-6-3-4-7-9(8)10/h8-9H,2-7H2,1H3. The molecule has 0 aromatic rings. The molecule has 60 valence electrons. The lowest BCUT2D eigenvalue weighted by Crippen LogP contribution is -2.18. The number of rotatable bonds is 2. The van der Waals surface area contributed by atoms with Crippen molar-refractivity contribution < 1.29 is 0 Å². The minimum Gasteiger partial charge on any atom is -0.0888 e. The average molecular weight is 205 g/mol. The summed E-state index contributed by atoms with van der Waals surface area (Å²) in [5.41, 5.74) is 0. The smallest absolute Gasteiger partial charge is 0.0174 e. The van der Waals surface area contributed by atoms with Crippen LogP contribution in [0.1, 0.15) is 45.4 Å². The molecule has 2 atom stereocenters. The lowest BCUT2D eigenvalue weighted by molar-refractivity contribution is 0.352. The lowest BCUT2D eigenvalue weighted by Gasteiger charge is -2.26. The van der Waals surface area contributed by atoms with Gasteiger partial charge in [0, 0.05) is 4.83 Å². The largest absolute Gasteiger partial charge is 0.0888 e. The van der Waals surface area contributed by atoms with Crippen LogP contribution in [0, 0.1) is 5.92 Å². The van der Waals surface area contributed by atoms with E-state index in [1.54, 1.807) is 0 Å². The molecule has 1 heteroatoms. The van der Waals surface area contributed by atoms with Crippen LogP contribution in [0.5, 0.6) is 0 Å². The Morgan fingerprint density at radius 2 is 2.00 bits per heavy atom. The molecule has 1 aliphatic rings. The second-order valence-corrected chi connectivity index (χ2v) is 4.53. The second-order valence-electron chi connectivity index (χ2n) is 3.35. The molecule has 1 fully saturated rings. The minimum absolute atomic E-state index is 0.834. The van der Waals surface area contributed by atoms with Crippen molar-refractivity contribution in [2.45, 2.75) is 50.3 Å². The summed E-state index contributed by atoms with van der Waals surface area (Å²) >= 11 is 3.76. The molecule has 0 radical (unpaired) electrons. The van der Waals surface area contributed by atoms with Crippen molar-refractivity contribution in [3.63, 3.8) is 0 Å². The lowest BCUT2D eigenvalue weighted by atomic mass is 9.86. The van der Waals surface area contributed by atoms with Crippen molar-refractivity contribution >= 4 is 15.9 Å². The molecule has 2 unspecified atom stereocenters. The van der Waals surface area contributed by atoms with Crippen molar-refractivity contribution in [1.29, 1.82) is 0 Å². The van der Waals surface area contributed by atoms with Crippen LogP contribution in [-0.4, -0.2) is 4.83 Å². The topological polar surface area (TPSA) is 0 Å². The summed E-state index contributed by atoms with van der Waals surface area (Å²) in [4.78, 5) is 0.834. The van der Waals surface area contributed by atoms with Crippen LogP contribution in [0.2, 0.25) is 0 Å². The third-order valence-corrected chi connectivity index (χ3v) is 3.68. The molecule has 0 heterocycles. The van der Waals surface area contributed by atoms with E-state index >= 15 is 0 Å². The van der Waals surface area contributed by atoms with Crippen LogP contribution in [0.15, 0.2) is 0 Å². The fraction of sp³-hybridized carbons (Fsp3) is 1.00. The van der Waals surface area contributed by atoms with Gasteiger partial charge < -0.3 is 0 Å². The van der Waals surface area contributed by atoms with Gasteiger partial charge in [-0.3, -0.25) is 0 Å². The van der Waals surface area contributed by atoms with Crippen LogP contribution >= 0.6 is 15.9 Å². The van der Waals surface area contributed by atoms with Gasteiger partial charge in [0.05, 0.1) is 0 Å². The summed E-state index contributed by atoms with van der Waals surface area (Å²) in [6.07, 6.45) is 8.56. The van der Waals surface area contributed by atoms with E-state index in [1.165, 1.54) is 38.5 Å². The molecule has 0 aliphatic heterocycles. The highest BCUT2D eigenvalue weighted by atomic mass is 79.9. The first-order chi connectivity index (χ1) is 4.84. The molecular formula is C9H17Br. The first-order valence-corrected chi connectivity index (χ1v) is 5.40. The van der Waals surface area contributed by atoms with E-state index in [-0.39, 0.29) is 0 Å². The number of halogens is 1. The van der Waals surface area contributed by atoms with Gasteiger partial charge in [0.1, 0.15) is 0 Å². The van der Waals surface area contributed by atoms with Gasteiger partial charge in [0.25, 0.3) is 0 Å². The molecule has 0 bridgehead atoms. The second kappa shape index (κ2) is 4.38. The SMILES string of the molecule is CCCC1CCCCC1Br. The highest BCUT2D eigenvalue weighted by Crippen LogP contribution is 2.32. The third-order valence-electron chi connectivity index (χ3n) is 2.48. The summed E-state index contributed by atoms with van der Waals surface area (Å²) in [7, 11) is 0. The fourth-order valence-corrected chi connectivity index (χ4v) is 2.71. The van der Waals surface area contributed by atoms with Gasteiger partial charge in [-0.05, 0) is 25.2 Å². The molecule has 0 saturated heterocycles. The van der Waals surface area contributed by atoms with E-state index in [4.69, 9.17) is 0 Å². The molecule has 1 rings (SSSR count). The van der Waals surface area contributed by atoms with Gasteiger partial charge >= 0.3 is 0 Å². The van der Waals surface area contributed by atoms with Crippen LogP contribution in [0.4, 0.5) is 0 Å². The molecule has 0 amide bonds. The minimum atomic E-state index is 0.834. The van der Waals surface area contributed by atoms with Crippen molar-refractivity contribution in [3.8, 4) is 0 Å². The van der Waals surface area contributed by atoms with Crippen LogP contribution in [0.25, 0.3) is 0 Å². The molecule has 1 saturated carbocycles.